The van der Waals surface area contributed by atoms with E-state index in [2.05, 4.69) is 22.8 Å². The maximum atomic E-state index is 11.8. The molecule has 1 aromatic rings. The normalized spacial score (nSPS) is 18.8. The number of carbonyl (C=O) groups is 2. The van der Waals surface area contributed by atoms with Crippen molar-refractivity contribution in [2.45, 2.75) is 44.7 Å². The van der Waals surface area contributed by atoms with Crippen LogP contribution in [0.3, 0.4) is 0 Å². The molecule has 0 aromatic heterocycles. The first-order valence-electron chi connectivity index (χ1n) is 6.90. The van der Waals surface area contributed by atoms with E-state index in [4.69, 9.17) is 5.11 Å². The van der Waals surface area contributed by atoms with Gasteiger partial charge in [-0.3, -0.25) is 4.79 Å². The van der Waals surface area contributed by atoms with Crippen molar-refractivity contribution in [1.29, 1.82) is 0 Å². The predicted molar refractivity (Wildman–Crippen MR) is 75.6 cm³/mol. The summed E-state index contributed by atoms with van der Waals surface area (Å²) in [4.78, 5) is 22.3. The second-order valence-corrected chi connectivity index (χ2v) is 5.33. The van der Waals surface area contributed by atoms with Crippen molar-refractivity contribution >= 4 is 12.0 Å². The van der Waals surface area contributed by atoms with E-state index >= 15 is 0 Å². The molecule has 20 heavy (non-hydrogen) atoms. The van der Waals surface area contributed by atoms with Gasteiger partial charge < -0.3 is 15.7 Å². The van der Waals surface area contributed by atoms with Crippen molar-refractivity contribution in [2.75, 3.05) is 0 Å². The number of aliphatic carboxylic acids is 1. The van der Waals surface area contributed by atoms with Gasteiger partial charge in [0.05, 0.1) is 6.42 Å². The highest BCUT2D eigenvalue weighted by Gasteiger charge is 2.20. The molecule has 1 aliphatic carbocycles. The third kappa shape index (κ3) is 3.98. The van der Waals surface area contributed by atoms with Crippen LogP contribution in [0.25, 0.3) is 0 Å². The number of benzene rings is 1. The van der Waals surface area contributed by atoms with Crippen molar-refractivity contribution < 1.29 is 14.7 Å². The van der Waals surface area contributed by atoms with Gasteiger partial charge in [0.1, 0.15) is 0 Å². The highest BCUT2D eigenvalue weighted by molar-refractivity contribution is 5.76. The van der Waals surface area contributed by atoms with E-state index in [-0.39, 0.29) is 24.5 Å². The van der Waals surface area contributed by atoms with Crippen LogP contribution in [-0.2, 0) is 17.6 Å². The van der Waals surface area contributed by atoms with Crippen LogP contribution in [0.15, 0.2) is 24.3 Å². The SMILES string of the molecule is CC(CC(=O)O)NC(=O)NC1CCc2ccccc2C1. The molecule has 0 bridgehead atoms. The monoisotopic (exact) mass is 276 g/mol. The molecule has 0 saturated carbocycles. The molecule has 1 aliphatic rings. The molecule has 0 heterocycles. The molecule has 3 N–H and O–H groups in total. The summed E-state index contributed by atoms with van der Waals surface area (Å²) in [5.74, 6) is -0.913. The fourth-order valence-corrected chi connectivity index (χ4v) is 2.58. The Labute approximate surface area is 118 Å². The molecule has 0 saturated heterocycles. The minimum Gasteiger partial charge on any atom is -0.481 e. The number of carboxylic acids is 1. The van der Waals surface area contributed by atoms with Gasteiger partial charge in [-0.05, 0) is 37.3 Å². The van der Waals surface area contributed by atoms with Gasteiger partial charge in [0, 0.05) is 12.1 Å². The number of hydrogen-bond acceptors (Lipinski definition) is 2. The molecule has 0 spiro atoms. The van der Waals surface area contributed by atoms with E-state index in [1.807, 2.05) is 12.1 Å². The van der Waals surface area contributed by atoms with Crippen LogP contribution in [0.5, 0.6) is 0 Å². The fraction of sp³-hybridized carbons (Fsp3) is 0.467. The molecule has 2 rings (SSSR count). The van der Waals surface area contributed by atoms with Gasteiger partial charge in [-0.2, -0.15) is 0 Å². The van der Waals surface area contributed by atoms with Gasteiger partial charge in [0.15, 0.2) is 0 Å². The Bertz CT molecular complexity index is 502. The average Bonchev–Trinajstić information content (AvgIpc) is 2.37. The molecule has 0 fully saturated rings. The molecular formula is C15H20N2O3. The van der Waals surface area contributed by atoms with Crippen LogP contribution in [0.2, 0.25) is 0 Å². The van der Waals surface area contributed by atoms with Gasteiger partial charge in [-0.25, -0.2) is 4.79 Å². The zero-order valence-electron chi connectivity index (χ0n) is 11.6. The molecule has 2 atom stereocenters. The molecule has 2 unspecified atom stereocenters. The van der Waals surface area contributed by atoms with E-state index in [9.17, 15) is 9.59 Å². The summed E-state index contributed by atoms with van der Waals surface area (Å²) in [6.07, 6.45) is 2.64. The topological polar surface area (TPSA) is 78.4 Å². The lowest BCUT2D eigenvalue weighted by atomic mass is 9.88. The Balaban J connectivity index is 1.83. The van der Waals surface area contributed by atoms with Crippen molar-refractivity contribution in [2.24, 2.45) is 0 Å². The second kappa shape index (κ2) is 6.41. The number of carbonyl (C=O) groups excluding carboxylic acids is 1. The first kappa shape index (κ1) is 14.4. The third-order valence-electron chi connectivity index (χ3n) is 3.54. The molecule has 108 valence electrons. The standard InChI is InChI=1S/C15H20N2O3/c1-10(8-14(18)19)16-15(20)17-13-7-6-11-4-2-3-5-12(11)9-13/h2-5,10,13H,6-9H2,1H3,(H,18,19)(H2,16,17,20). The molecule has 0 aliphatic heterocycles. The Morgan fingerprint density at radius 3 is 2.75 bits per heavy atom. The van der Waals surface area contributed by atoms with Gasteiger partial charge in [-0.15, -0.1) is 0 Å². The zero-order chi connectivity index (χ0) is 14.5. The Morgan fingerprint density at radius 2 is 2.05 bits per heavy atom. The summed E-state index contributed by atoms with van der Waals surface area (Å²) in [7, 11) is 0. The first-order valence-corrected chi connectivity index (χ1v) is 6.90. The number of urea groups is 1. The summed E-state index contributed by atoms with van der Waals surface area (Å²) < 4.78 is 0. The van der Waals surface area contributed by atoms with E-state index in [1.54, 1.807) is 6.92 Å². The van der Waals surface area contributed by atoms with Crippen molar-refractivity contribution in [3.8, 4) is 0 Å². The number of carboxylic acid groups (broad SMARTS) is 1. The van der Waals surface area contributed by atoms with Crippen molar-refractivity contribution in [3.05, 3.63) is 35.4 Å². The van der Waals surface area contributed by atoms with Crippen LogP contribution < -0.4 is 10.6 Å². The highest BCUT2D eigenvalue weighted by Crippen LogP contribution is 2.20. The summed E-state index contributed by atoms with van der Waals surface area (Å²) in [5, 5.41) is 14.2. The van der Waals surface area contributed by atoms with Gasteiger partial charge in [-0.1, -0.05) is 24.3 Å². The van der Waals surface area contributed by atoms with Gasteiger partial charge >= 0.3 is 12.0 Å². The van der Waals surface area contributed by atoms with Crippen LogP contribution in [0.4, 0.5) is 4.79 Å². The number of fused-ring (bicyclic) bond motifs is 1. The predicted octanol–water partition coefficient (Wildman–Crippen LogP) is 1.71. The summed E-state index contributed by atoms with van der Waals surface area (Å²) in [5.41, 5.74) is 2.63. The summed E-state index contributed by atoms with van der Waals surface area (Å²) >= 11 is 0. The first-order chi connectivity index (χ1) is 9.54. The quantitative estimate of drug-likeness (QED) is 0.783. The van der Waals surface area contributed by atoms with E-state index in [1.165, 1.54) is 11.1 Å². The lowest BCUT2D eigenvalue weighted by Gasteiger charge is -2.26. The van der Waals surface area contributed by atoms with Gasteiger partial charge in [0.2, 0.25) is 0 Å². The summed E-state index contributed by atoms with van der Waals surface area (Å²) in [6, 6.07) is 7.71. The second-order valence-electron chi connectivity index (χ2n) is 5.33. The lowest BCUT2D eigenvalue weighted by Crippen LogP contribution is -2.47. The molecule has 5 nitrogen and oxygen atoms in total. The van der Waals surface area contributed by atoms with Gasteiger partial charge in [0.25, 0.3) is 0 Å². The molecule has 5 heteroatoms. The smallest absolute Gasteiger partial charge is 0.315 e. The fourth-order valence-electron chi connectivity index (χ4n) is 2.58. The van der Waals surface area contributed by atoms with E-state index in [0.717, 1.165) is 19.3 Å². The maximum absolute atomic E-state index is 11.8. The zero-order valence-corrected chi connectivity index (χ0v) is 11.6. The van der Waals surface area contributed by atoms with Crippen molar-refractivity contribution in [1.82, 2.24) is 10.6 Å². The number of amides is 2. The van der Waals surface area contributed by atoms with E-state index in [0.29, 0.717) is 0 Å². The maximum Gasteiger partial charge on any atom is 0.315 e. The minimum atomic E-state index is -0.913. The number of rotatable bonds is 4. The molecule has 1 aromatic carbocycles. The number of hydrogen-bond donors (Lipinski definition) is 3. The van der Waals surface area contributed by atoms with Crippen LogP contribution in [0, 0.1) is 0 Å². The van der Waals surface area contributed by atoms with Crippen LogP contribution in [0.1, 0.15) is 30.9 Å². The number of aryl methyl sites for hydroxylation is 1. The summed E-state index contributed by atoms with van der Waals surface area (Å²) in [6.45, 7) is 1.68. The van der Waals surface area contributed by atoms with Crippen molar-refractivity contribution in [3.63, 3.8) is 0 Å². The van der Waals surface area contributed by atoms with E-state index < -0.39 is 5.97 Å². The third-order valence-corrected chi connectivity index (χ3v) is 3.54. The molecule has 0 radical (unpaired) electrons. The van der Waals surface area contributed by atoms with Crippen LogP contribution >= 0.6 is 0 Å². The average molecular weight is 276 g/mol. The molecule has 2 amide bonds. The highest BCUT2D eigenvalue weighted by atomic mass is 16.4. The Morgan fingerprint density at radius 1 is 1.35 bits per heavy atom. The largest absolute Gasteiger partial charge is 0.481 e. The number of nitrogens with one attached hydrogen (secondary N) is 2. The van der Waals surface area contributed by atoms with Crippen LogP contribution in [-0.4, -0.2) is 29.2 Å². The molecular weight excluding hydrogens is 256 g/mol. The minimum absolute atomic E-state index is 0.0685. The Hall–Kier alpha value is -2.04. The lowest BCUT2D eigenvalue weighted by molar-refractivity contribution is -0.137. The Kier molecular flexibility index (Phi) is 4.61.